The highest BCUT2D eigenvalue weighted by Gasteiger charge is 1.95. The summed E-state index contributed by atoms with van der Waals surface area (Å²) in [5.74, 6) is 0. The van der Waals surface area contributed by atoms with Gasteiger partial charge in [-0.05, 0) is 30.4 Å². The fraction of sp³-hybridized carbons (Fsp3) is 0.0909. The Labute approximate surface area is 105 Å². The summed E-state index contributed by atoms with van der Waals surface area (Å²) >= 11 is 10.8. The molecule has 0 saturated carbocycles. The normalized spacial score (nSPS) is 10.1. The lowest BCUT2D eigenvalue weighted by Gasteiger charge is -1.99. The molecule has 1 aromatic carbocycles. The van der Waals surface area contributed by atoms with Crippen LogP contribution in [-0.2, 0) is 0 Å². The molecule has 0 fully saturated rings. The zero-order valence-corrected chi connectivity index (χ0v) is 10.2. The van der Waals surface area contributed by atoms with Gasteiger partial charge in [0.2, 0.25) is 5.11 Å². The summed E-state index contributed by atoms with van der Waals surface area (Å²) < 4.78 is 0. The minimum Gasteiger partial charge on any atom is -0.355 e. The zero-order chi connectivity index (χ0) is 11.8. The minimum atomic E-state index is 0.512. The molecule has 0 radical (unpaired) electrons. The van der Waals surface area contributed by atoms with Gasteiger partial charge in [0.25, 0.3) is 0 Å². The van der Waals surface area contributed by atoms with Gasteiger partial charge < -0.3 is 5.32 Å². The van der Waals surface area contributed by atoms with Crippen molar-refractivity contribution in [1.82, 2.24) is 10.7 Å². The van der Waals surface area contributed by atoms with Crippen LogP contribution < -0.4 is 15.8 Å². The first kappa shape index (κ1) is 12.7. The molecule has 0 atom stereocenters. The van der Waals surface area contributed by atoms with Gasteiger partial charge in [0.15, 0.2) is 6.21 Å². The van der Waals surface area contributed by atoms with Crippen molar-refractivity contribution in [2.24, 2.45) is 0 Å². The second-order valence-electron chi connectivity index (χ2n) is 2.97. The summed E-state index contributed by atoms with van der Waals surface area (Å²) in [6.45, 7) is 4.21. The molecule has 0 bridgehead atoms. The lowest BCUT2D eigenvalue weighted by molar-refractivity contribution is -0.500. The monoisotopic (exact) mass is 254 g/mol. The lowest BCUT2D eigenvalue weighted by Crippen LogP contribution is -2.82. The van der Waals surface area contributed by atoms with Crippen molar-refractivity contribution in [1.29, 1.82) is 0 Å². The van der Waals surface area contributed by atoms with Crippen LogP contribution in [0.4, 0.5) is 0 Å². The van der Waals surface area contributed by atoms with E-state index in [4.69, 9.17) is 23.8 Å². The molecule has 0 spiro atoms. The maximum absolute atomic E-state index is 5.84. The fourth-order valence-corrected chi connectivity index (χ4v) is 1.33. The van der Waals surface area contributed by atoms with Crippen LogP contribution in [0.15, 0.2) is 36.9 Å². The fourth-order valence-electron chi connectivity index (χ4n) is 0.990. The Morgan fingerprint density at radius 1 is 1.56 bits per heavy atom. The maximum Gasteiger partial charge on any atom is 0.224 e. The lowest BCUT2D eigenvalue weighted by atomic mass is 10.2. The van der Waals surface area contributed by atoms with E-state index in [1.165, 1.54) is 0 Å². The van der Waals surface area contributed by atoms with Gasteiger partial charge in [-0.3, -0.25) is 0 Å². The van der Waals surface area contributed by atoms with Gasteiger partial charge in [0.05, 0.1) is 0 Å². The van der Waals surface area contributed by atoms with Gasteiger partial charge in [-0.1, -0.05) is 23.7 Å². The van der Waals surface area contributed by atoms with E-state index in [0.717, 1.165) is 5.56 Å². The molecule has 3 N–H and O–H groups in total. The highest BCUT2D eigenvalue weighted by Crippen LogP contribution is 2.07. The molecule has 3 nitrogen and oxygen atoms in total. The van der Waals surface area contributed by atoms with Gasteiger partial charge in [0, 0.05) is 17.1 Å². The number of benzene rings is 1. The third-order valence-corrected chi connectivity index (χ3v) is 2.16. The molecule has 0 unspecified atom stereocenters. The number of hydrazone groups is 1. The van der Waals surface area contributed by atoms with Crippen LogP contribution in [0.1, 0.15) is 5.56 Å². The first-order valence-electron chi connectivity index (χ1n) is 4.71. The first-order valence-corrected chi connectivity index (χ1v) is 5.50. The van der Waals surface area contributed by atoms with Crippen molar-refractivity contribution in [3.8, 4) is 0 Å². The van der Waals surface area contributed by atoms with Crippen LogP contribution in [-0.4, -0.2) is 17.9 Å². The highest BCUT2D eigenvalue weighted by atomic mass is 35.5. The predicted molar refractivity (Wildman–Crippen MR) is 71.5 cm³/mol. The Bertz CT molecular complexity index is 404. The summed E-state index contributed by atoms with van der Waals surface area (Å²) in [5, 5.41) is 7.00. The van der Waals surface area contributed by atoms with Crippen molar-refractivity contribution in [3.63, 3.8) is 0 Å². The van der Waals surface area contributed by atoms with Crippen LogP contribution >= 0.6 is 23.8 Å². The topological polar surface area (TPSA) is 38.0 Å². The molecule has 0 aromatic heterocycles. The smallest absolute Gasteiger partial charge is 0.224 e. The number of hydrogen-bond acceptors (Lipinski definition) is 1. The average Bonchev–Trinajstić information content (AvgIpc) is 2.26. The van der Waals surface area contributed by atoms with Gasteiger partial charge in [-0.15, -0.1) is 17.1 Å². The Balaban J connectivity index is 2.42. The zero-order valence-electron chi connectivity index (χ0n) is 8.66. The van der Waals surface area contributed by atoms with Crippen LogP contribution in [0.25, 0.3) is 0 Å². The maximum atomic E-state index is 5.84. The van der Waals surface area contributed by atoms with Gasteiger partial charge in [-0.2, -0.15) is 0 Å². The van der Waals surface area contributed by atoms with Gasteiger partial charge in [0.1, 0.15) is 0 Å². The molecule has 84 valence electrons. The number of hydrazine groups is 1. The van der Waals surface area contributed by atoms with Crippen LogP contribution in [0.5, 0.6) is 0 Å². The third-order valence-electron chi connectivity index (χ3n) is 1.68. The number of thiocarbonyl (C=S) groups is 1. The molecule has 1 rings (SSSR count). The molecular weight excluding hydrogens is 242 g/mol. The van der Waals surface area contributed by atoms with E-state index in [-0.39, 0.29) is 0 Å². The van der Waals surface area contributed by atoms with E-state index in [0.29, 0.717) is 16.7 Å². The van der Waals surface area contributed by atoms with Crippen molar-refractivity contribution < 1.29 is 5.10 Å². The summed E-state index contributed by atoms with van der Waals surface area (Å²) in [7, 11) is 0. The summed E-state index contributed by atoms with van der Waals surface area (Å²) in [4.78, 5) is 0. The second-order valence-corrected chi connectivity index (χ2v) is 3.81. The van der Waals surface area contributed by atoms with E-state index in [1.807, 2.05) is 24.3 Å². The molecule has 0 aliphatic rings. The molecule has 0 amide bonds. The minimum absolute atomic E-state index is 0.512. The Morgan fingerprint density at radius 2 is 2.38 bits per heavy atom. The van der Waals surface area contributed by atoms with Crippen molar-refractivity contribution in [2.75, 3.05) is 6.54 Å². The summed E-state index contributed by atoms with van der Waals surface area (Å²) in [6, 6.07) is 7.48. The van der Waals surface area contributed by atoms with E-state index in [9.17, 15) is 0 Å². The average molecular weight is 255 g/mol. The van der Waals surface area contributed by atoms with Crippen LogP contribution in [0.2, 0.25) is 5.02 Å². The number of nitrogens with one attached hydrogen (secondary N) is 3. The highest BCUT2D eigenvalue weighted by molar-refractivity contribution is 7.80. The van der Waals surface area contributed by atoms with Gasteiger partial charge in [-0.25, -0.2) is 0 Å². The molecule has 0 saturated heterocycles. The number of rotatable bonds is 4. The summed E-state index contributed by atoms with van der Waals surface area (Å²) in [5.41, 5.74) is 3.77. The quantitative estimate of drug-likeness (QED) is 0.315. The van der Waals surface area contributed by atoms with E-state index >= 15 is 0 Å². The SMILES string of the molecule is C=CCNC(=S)N[NH+]=Cc1cccc(Cl)c1. The van der Waals surface area contributed by atoms with Gasteiger partial charge >= 0.3 is 0 Å². The number of halogens is 1. The third kappa shape index (κ3) is 4.91. The Morgan fingerprint density at radius 3 is 3.06 bits per heavy atom. The standard InChI is InChI=1S/C11H12ClN3S/c1-2-6-13-11(16)15-14-8-9-4-3-5-10(12)7-9/h2-5,7-8H,1,6H2,(H2,13,15,16)/p+1. The predicted octanol–water partition coefficient (Wildman–Crippen LogP) is 0.405. The Kier molecular flexibility index (Phi) is 5.53. The molecule has 16 heavy (non-hydrogen) atoms. The molecular formula is C11H13ClN3S+. The molecule has 0 aliphatic heterocycles. The van der Waals surface area contributed by atoms with Crippen molar-refractivity contribution >= 4 is 35.1 Å². The van der Waals surface area contributed by atoms with E-state index in [2.05, 4.69) is 22.4 Å². The van der Waals surface area contributed by atoms with Crippen LogP contribution in [0, 0.1) is 0 Å². The summed E-state index contributed by atoms with van der Waals surface area (Å²) in [6.07, 6.45) is 3.50. The molecule has 1 aromatic rings. The first-order chi connectivity index (χ1) is 7.72. The van der Waals surface area contributed by atoms with Crippen LogP contribution in [0.3, 0.4) is 0 Å². The molecule has 0 aliphatic carbocycles. The Hall–Kier alpha value is -1.39. The van der Waals surface area contributed by atoms with Crippen molar-refractivity contribution in [2.45, 2.75) is 0 Å². The largest absolute Gasteiger partial charge is 0.355 e. The molecule has 0 heterocycles. The van der Waals surface area contributed by atoms with E-state index < -0.39 is 0 Å². The van der Waals surface area contributed by atoms with Crippen molar-refractivity contribution in [3.05, 3.63) is 47.5 Å². The van der Waals surface area contributed by atoms with E-state index in [1.54, 1.807) is 12.3 Å². The second kappa shape index (κ2) is 6.98. The molecule has 5 heteroatoms. The number of hydrogen-bond donors (Lipinski definition) is 3.